The number of benzene rings is 2. The Balaban J connectivity index is 1.77. The lowest BCUT2D eigenvalue weighted by molar-refractivity contribution is 0.174. The molecule has 0 atom stereocenters. The predicted octanol–water partition coefficient (Wildman–Crippen LogP) is 2.94. The summed E-state index contributed by atoms with van der Waals surface area (Å²) in [7, 11) is -1.02. The second-order valence-electron chi connectivity index (χ2n) is 5.57. The van der Waals surface area contributed by atoms with Crippen LogP contribution in [0.3, 0.4) is 0 Å². The van der Waals surface area contributed by atoms with E-state index in [-0.39, 0.29) is 12.5 Å². The molecular formula is C17H17FN2O4S. The van der Waals surface area contributed by atoms with E-state index in [0.29, 0.717) is 17.1 Å². The second kappa shape index (κ2) is 6.73. The van der Waals surface area contributed by atoms with Gasteiger partial charge in [0.15, 0.2) is 11.5 Å². The molecule has 132 valence electrons. The van der Waals surface area contributed by atoms with Gasteiger partial charge >= 0.3 is 10.2 Å². The van der Waals surface area contributed by atoms with Gasteiger partial charge < -0.3 is 9.47 Å². The highest BCUT2D eigenvalue weighted by molar-refractivity contribution is 7.90. The summed E-state index contributed by atoms with van der Waals surface area (Å²) in [5.74, 6) is 0.709. The quantitative estimate of drug-likeness (QED) is 0.829. The zero-order valence-corrected chi connectivity index (χ0v) is 14.5. The Hall–Kier alpha value is -2.58. The normalized spacial score (nSPS) is 13.6. The fraction of sp³-hybridized carbons (Fsp3) is 0.176. The summed E-state index contributed by atoms with van der Waals surface area (Å²) in [6.07, 6.45) is 3.53. The van der Waals surface area contributed by atoms with Gasteiger partial charge in [-0.15, -0.1) is 0 Å². The van der Waals surface area contributed by atoms with Crippen LogP contribution in [-0.4, -0.2) is 33.6 Å². The van der Waals surface area contributed by atoms with Crippen molar-refractivity contribution in [1.29, 1.82) is 0 Å². The molecule has 1 N–H and O–H groups in total. The summed E-state index contributed by atoms with van der Waals surface area (Å²) in [6.45, 7) is 0.206. The Morgan fingerprint density at radius 3 is 2.36 bits per heavy atom. The Morgan fingerprint density at radius 1 is 1.04 bits per heavy atom. The van der Waals surface area contributed by atoms with Crippen LogP contribution in [-0.2, 0) is 10.2 Å². The lowest BCUT2D eigenvalue weighted by Crippen LogP contribution is -2.29. The molecule has 0 aromatic heterocycles. The van der Waals surface area contributed by atoms with Crippen molar-refractivity contribution in [2.45, 2.75) is 0 Å². The molecule has 6 nitrogen and oxygen atoms in total. The topological polar surface area (TPSA) is 67.9 Å². The molecule has 0 bridgehead atoms. The Kier molecular flexibility index (Phi) is 4.65. The molecule has 25 heavy (non-hydrogen) atoms. The van der Waals surface area contributed by atoms with Gasteiger partial charge in [-0.2, -0.15) is 12.7 Å². The van der Waals surface area contributed by atoms with Crippen LogP contribution in [0.1, 0.15) is 11.1 Å². The molecule has 0 fully saturated rings. The van der Waals surface area contributed by atoms with E-state index < -0.39 is 16.0 Å². The van der Waals surface area contributed by atoms with Crippen molar-refractivity contribution in [1.82, 2.24) is 4.31 Å². The van der Waals surface area contributed by atoms with E-state index >= 15 is 0 Å². The van der Waals surface area contributed by atoms with Crippen LogP contribution in [0.5, 0.6) is 11.5 Å². The highest BCUT2D eigenvalue weighted by Crippen LogP contribution is 2.33. The number of ether oxygens (including phenoxy) is 2. The second-order valence-corrected chi connectivity index (χ2v) is 7.46. The van der Waals surface area contributed by atoms with Crippen LogP contribution in [0.4, 0.5) is 10.1 Å². The van der Waals surface area contributed by atoms with Gasteiger partial charge in [-0.05, 0) is 35.4 Å². The molecule has 0 spiro atoms. The van der Waals surface area contributed by atoms with Crippen molar-refractivity contribution in [3.05, 3.63) is 53.3 Å². The minimum Gasteiger partial charge on any atom is -0.454 e. The number of hydrogen-bond donors (Lipinski definition) is 1. The van der Waals surface area contributed by atoms with Gasteiger partial charge in [0.25, 0.3) is 0 Å². The van der Waals surface area contributed by atoms with Crippen LogP contribution in [0, 0.1) is 5.82 Å². The van der Waals surface area contributed by atoms with E-state index in [4.69, 9.17) is 9.47 Å². The molecule has 2 aromatic carbocycles. The molecule has 8 heteroatoms. The first-order chi connectivity index (χ1) is 11.8. The molecule has 0 amide bonds. The van der Waals surface area contributed by atoms with E-state index in [9.17, 15) is 12.8 Å². The summed E-state index contributed by atoms with van der Waals surface area (Å²) >= 11 is 0. The lowest BCUT2D eigenvalue weighted by atomic mass is 10.1. The maximum Gasteiger partial charge on any atom is 0.301 e. The van der Waals surface area contributed by atoms with Gasteiger partial charge in [-0.3, -0.25) is 4.72 Å². The smallest absolute Gasteiger partial charge is 0.301 e. The van der Waals surface area contributed by atoms with Gasteiger partial charge in [0.2, 0.25) is 6.79 Å². The standard InChI is InChI=1S/C17H17FN2O4S/c1-20(2)25(21,22)19-15-7-5-12(9-14(15)18)3-4-13-6-8-16-17(10-13)24-11-23-16/h3-10,19H,11H2,1-2H3/b4-3+. The third-order valence-corrected chi connectivity index (χ3v) is 5.02. The molecule has 1 aliphatic rings. The number of rotatable bonds is 5. The fourth-order valence-corrected chi connectivity index (χ4v) is 2.78. The minimum atomic E-state index is -3.75. The van der Waals surface area contributed by atoms with Gasteiger partial charge in [-0.25, -0.2) is 4.39 Å². The lowest BCUT2D eigenvalue weighted by Gasteiger charge is -2.14. The molecular weight excluding hydrogens is 347 g/mol. The number of hydrogen-bond acceptors (Lipinski definition) is 4. The fourth-order valence-electron chi connectivity index (χ4n) is 2.16. The summed E-state index contributed by atoms with van der Waals surface area (Å²) in [5.41, 5.74) is 1.37. The zero-order valence-electron chi connectivity index (χ0n) is 13.7. The van der Waals surface area contributed by atoms with E-state index in [0.717, 1.165) is 9.87 Å². The molecule has 2 aromatic rings. The van der Waals surface area contributed by atoms with Crippen LogP contribution in [0.15, 0.2) is 36.4 Å². The maximum absolute atomic E-state index is 14.1. The number of nitrogens with zero attached hydrogens (tertiary/aromatic N) is 1. The summed E-state index contributed by atoms with van der Waals surface area (Å²) in [6, 6.07) is 9.77. The van der Waals surface area contributed by atoms with Crippen molar-refractivity contribution in [3.63, 3.8) is 0 Å². The third-order valence-electron chi connectivity index (χ3n) is 3.58. The Labute approximate surface area is 145 Å². The third kappa shape index (κ3) is 3.92. The van der Waals surface area contributed by atoms with Crippen molar-refractivity contribution in [3.8, 4) is 11.5 Å². The van der Waals surface area contributed by atoms with Gasteiger partial charge in [0.05, 0.1) is 5.69 Å². The minimum absolute atomic E-state index is 0.103. The number of nitrogens with one attached hydrogen (secondary N) is 1. The van der Waals surface area contributed by atoms with E-state index in [1.54, 1.807) is 18.2 Å². The van der Waals surface area contributed by atoms with E-state index in [1.807, 2.05) is 18.2 Å². The zero-order chi connectivity index (χ0) is 18.0. The summed E-state index contributed by atoms with van der Waals surface area (Å²) in [5, 5.41) is 0. The highest BCUT2D eigenvalue weighted by Gasteiger charge is 2.15. The van der Waals surface area contributed by atoms with E-state index in [2.05, 4.69) is 4.72 Å². The number of fused-ring (bicyclic) bond motifs is 1. The number of halogens is 1. The Bertz CT molecular complexity index is 926. The van der Waals surface area contributed by atoms with Crippen LogP contribution >= 0.6 is 0 Å². The summed E-state index contributed by atoms with van der Waals surface area (Å²) < 4.78 is 51.3. The average Bonchev–Trinajstić information content (AvgIpc) is 3.02. The SMILES string of the molecule is CN(C)S(=O)(=O)Nc1ccc(/C=C/c2ccc3c(c2)OCO3)cc1F. The molecule has 0 saturated carbocycles. The van der Waals surface area contributed by atoms with Crippen molar-refractivity contribution < 1.29 is 22.3 Å². The van der Waals surface area contributed by atoms with Crippen molar-refractivity contribution >= 4 is 28.0 Å². The van der Waals surface area contributed by atoms with Gasteiger partial charge in [0.1, 0.15) is 5.82 Å². The van der Waals surface area contributed by atoms with Crippen LogP contribution in [0.2, 0.25) is 0 Å². The van der Waals surface area contributed by atoms with E-state index in [1.165, 1.54) is 26.2 Å². The largest absolute Gasteiger partial charge is 0.454 e. The molecule has 3 rings (SSSR count). The molecule has 0 radical (unpaired) electrons. The van der Waals surface area contributed by atoms with Crippen molar-refractivity contribution in [2.24, 2.45) is 0 Å². The van der Waals surface area contributed by atoms with Crippen LogP contribution in [0.25, 0.3) is 12.2 Å². The molecule has 1 aliphatic heterocycles. The van der Waals surface area contributed by atoms with Crippen LogP contribution < -0.4 is 14.2 Å². The monoisotopic (exact) mass is 364 g/mol. The first-order valence-electron chi connectivity index (χ1n) is 7.43. The molecule has 0 unspecified atom stereocenters. The summed E-state index contributed by atoms with van der Waals surface area (Å²) in [4.78, 5) is 0. The Morgan fingerprint density at radius 2 is 1.68 bits per heavy atom. The highest BCUT2D eigenvalue weighted by atomic mass is 32.2. The first-order valence-corrected chi connectivity index (χ1v) is 8.87. The average molecular weight is 364 g/mol. The van der Waals surface area contributed by atoms with Gasteiger partial charge in [-0.1, -0.05) is 24.3 Å². The van der Waals surface area contributed by atoms with Gasteiger partial charge in [0, 0.05) is 14.1 Å². The number of anilines is 1. The van der Waals surface area contributed by atoms with Crippen molar-refractivity contribution in [2.75, 3.05) is 25.6 Å². The first kappa shape index (κ1) is 17.2. The molecule has 1 heterocycles. The maximum atomic E-state index is 14.1. The molecule has 0 saturated heterocycles. The predicted molar refractivity (Wildman–Crippen MR) is 94.1 cm³/mol. The molecule has 0 aliphatic carbocycles.